The lowest BCUT2D eigenvalue weighted by Crippen LogP contribution is -2.30. The molecule has 1 saturated carbocycles. The summed E-state index contributed by atoms with van der Waals surface area (Å²) < 4.78 is 10.6. The van der Waals surface area contributed by atoms with Crippen molar-refractivity contribution in [2.45, 2.75) is 44.8 Å². The van der Waals surface area contributed by atoms with Crippen molar-refractivity contribution in [3.8, 4) is 0 Å². The molecule has 1 heterocycles. The summed E-state index contributed by atoms with van der Waals surface area (Å²) in [5.41, 5.74) is 0. The molecule has 0 bridgehead atoms. The van der Waals surface area contributed by atoms with Gasteiger partial charge >= 0.3 is 5.97 Å². The summed E-state index contributed by atoms with van der Waals surface area (Å²) in [4.78, 5) is 11.4. The van der Waals surface area contributed by atoms with Crippen LogP contribution in [-0.4, -0.2) is 25.3 Å². The summed E-state index contributed by atoms with van der Waals surface area (Å²) in [6, 6.07) is 0. The highest BCUT2D eigenvalue weighted by atomic mass is 16.5. The van der Waals surface area contributed by atoms with Gasteiger partial charge in [-0.3, -0.25) is 4.79 Å². The van der Waals surface area contributed by atoms with Crippen LogP contribution in [0.5, 0.6) is 0 Å². The highest BCUT2D eigenvalue weighted by Crippen LogP contribution is 2.40. The van der Waals surface area contributed by atoms with Gasteiger partial charge in [-0.25, -0.2) is 0 Å². The zero-order chi connectivity index (χ0) is 10.1. The average Bonchev–Trinajstić information content (AvgIpc) is 2.55. The Balaban J connectivity index is 1.94. The van der Waals surface area contributed by atoms with Crippen molar-refractivity contribution in [3.05, 3.63) is 0 Å². The second-order valence-electron chi connectivity index (χ2n) is 4.51. The van der Waals surface area contributed by atoms with Crippen LogP contribution in [0.25, 0.3) is 0 Å². The Labute approximate surface area is 84.8 Å². The normalized spacial score (nSPS) is 41.9. The highest BCUT2D eigenvalue weighted by Gasteiger charge is 2.40. The van der Waals surface area contributed by atoms with E-state index in [0.29, 0.717) is 18.1 Å². The van der Waals surface area contributed by atoms with Crippen molar-refractivity contribution < 1.29 is 14.3 Å². The third-order valence-corrected chi connectivity index (χ3v) is 3.49. The molecule has 2 aliphatic rings. The SMILES string of the molecule is COC(=O)C1CC[C@@H]2O[C@H](C)C[C@@H]2C1. The second-order valence-corrected chi connectivity index (χ2v) is 4.51. The monoisotopic (exact) mass is 198 g/mol. The van der Waals surface area contributed by atoms with Crippen molar-refractivity contribution in [2.75, 3.05) is 7.11 Å². The molecule has 1 aliphatic heterocycles. The first-order chi connectivity index (χ1) is 6.70. The number of ether oxygens (including phenoxy) is 2. The first-order valence-electron chi connectivity index (χ1n) is 5.44. The van der Waals surface area contributed by atoms with E-state index in [1.165, 1.54) is 7.11 Å². The van der Waals surface area contributed by atoms with Crippen LogP contribution in [0.3, 0.4) is 0 Å². The van der Waals surface area contributed by atoms with E-state index in [4.69, 9.17) is 9.47 Å². The van der Waals surface area contributed by atoms with Gasteiger partial charge in [0.05, 0.1) is 25.2 Å². The maximum absolute atomic E-state index is 11.4. The molecule has 3 heteroatoms. The second kappa shape index (κ2) is 3.89. The van der Waals surface area contributed by atoms with E-state index in [1.807, 2.05) is 0 Å². The summed E-state index contributed by atoms with van der Waals surface area (Å²) in [6.45, 7) is 2.12. The number of methoxy groups -OCH3 is 1. The Morgan fingerprint density at radius 3 is 2.86 bits per heavy atom. The van der Waals surface area contributed by atoms with Gasteiger partial charge in [0.1, 0.15) is 0 Å². The van der Waals surface area contributed by atoms with Gasteiger partial charge in [0.15, 0.2) is 0 Å². The van der Waals surface area contributed by atoms with Crippen molar-refractivity contribution in [1.82, 2.24) is 0 Å². The standard InChI is InChI=1S/C11H18O3/c1-7-5-9-6-8(11(12)13-2)3-4-10(9)14-7/h7-10H,3-6H2,1-2H3/t7-,8?,9-,10+/m1/s1. The lowest BCUT2D eigenvalue weighted by atomic mass is 9.79. The van der Waals surface area contributed by atoms with Crippen molar-refractivity contribution in [3.63, 3.8) is 0 Å². The van der Waals surface area contributed by atoms with E-state index in [2.05, 4.69) is 6.92 Å². The van der Waals surface area contributed by atoms with E-state index in [1.54, 1.807) is 0 Å². The fraction of sp³-hybridized carbons (Fsp3) is 0.909. The van der Waals surface area contributed by atoms with Crippen LogP contribution in [0, 0.1) is 11.8 Å². The minimum absolute atomic E-state index is 0.0389. The smallest absolute Gasteiger partial charge is 0.308 e. The molecule has 0 N–H and O–H groups in total. The largest absolute Gasteiger partial charge is 0.469 e. The van der Waals surface area contributed by atoms with Gasteiger partial charge in [0, 0.05) is 0 Å². The average molecular weight is 198 g/mol. The minimum atomic E-state index is -0.0389. The predicted octanol–water partition coefficient (Wildman–Crippen LogP) is 1.75. The van der Waals surface area contributed by atoms with Crippen LogP contribution in [0.2, 0.25) is 0 Å². The third-order valence-electron chi connectivity index (χ3n) is 3.49. The fourth-order valence-corrected chi connectivity index (χ4v) is 2.82. The molecule has 1 aliphatic carbocycles. The Morgan fingerprint density at radius 1 is 1.36 bits per heavy atom. The van der Waals surface area contributed by atoms with Crippen molar-refractivity contribution in [1.29, 1.82) is 0 Å². The predicted molar refractivity (Wildman–Crippen MR) is 51.8 cm³/mol. The molecule has 2 rings (SSSR count). The molecule has 0 radical (unpaired) electrons. The van der Waals surface area contributed by atoms with Crippen LogP contribution in [-0.2, 0) is 14.3 Å². The van der Waals surface area contributed by atoms with E-state index in [0.717, 1.165) is 25.7 Å². The summed E-state index contributed by atoms with van der Waals surface area (Å²) in [6.07, 6.45) is 4.81. The van der Waals surface area contributed by atoms with E-state index < -0.39 is 0 Å². The number of esters is 1. The van der Waals surface area contributed by atoms with Crippen LogP contribution >= 0.6 is 0 Å². The highest BCUT2D eigenvalue weighted by molar-refractivity contribution is 5.72. The first kappa shape index (κ1) is 9.97. The number of fused-ring (bicyclic) bond motifs is 1. The van der Waals surface area contributed by atoms with Gasteiger partial charge in [-0.05, 0) is 38.5 Å². The van der Waals surface area contributed by atoms with Gasteiger partial charge in [-0.1, -0.05) is 0 Å². The number of hydrogen-bond donors (Lipinski definition) is 0. The Bertz CT molecular complexity index is 227. The molecule has 0 amide bonds. The van der Waals surface area contributed by atoms with Gasteiger partial charge < -0.3 is 9.47 Å². The van der Waals surface area contributed by atoms with Crippen LogP contribution in [0.1, 0.15) is 32.6 Å². The molecule has 3 nitrogen and oxygen atoms in total. The molecule has 0 aromatic rings. The van der Waals surface area contributed by atoms with Gasteiger partial charge in [0.2, 0.25) is 0 Å². The Hall–Kier alpha value is -0.570. The Morgan fingerprint density at radius 2 is 2.14 bits per heavy atom. The molecule has 1 saturated heterocycles. The lowest BCUT2D eigenvalue weighted by Gasteiger charge is -2.28. The molecular formula is C11H18O3. The molecule has 0 spiro atoms. The number of hydrogen-bond acceptors (Lipinski definition) is 3. The van der Waals surface area contributed by atoms with E-state index in [-0.39, 0.29) is 11.9 Å². The van der Waals surface area contributed by atoms with Crippen LogP contribution in [0.15, 0.2) is 0 Å². The maximum Gasteiger partial charge on any atom is 0.308 e. The first-order valence-corrected chi connectivity index (χ1v) is 5.44. The van der Waals surface area contributed by atoms with Crippen molar-refractivity contribution >= 4 is 5.97 Å². The maximum atomic E-state index is 11.4. The van der Waals surface area contributed by atoms with E-state index >= 15 is 0 Å². The summed E-state index contributed by atoms with van der Waals surface area (Å²) in [5, 5.41) is 0. The summed E-state index contributed by atoms with van der Waals surface area (Å²) in [7, 11) is 1.47. The number of carbonyl (C=O) groups excluding carboxylic acids is 1. The van der Waals surface area contributed by atoms with Gasteiger partial charge in [-0.2, -0.15) is 0 Å². The molecule has 14 heavy (non-hydrogen) atoms. The van der Waals surface area contributed by atoms with Crippen LogP contribution < -0.4 is 0 Å². The van der Waals surface area contributed by atoms with Crippen LogP contribution in [0.4, 0.5) is 0 Å². The molecule has 0 aromatic carbocycles. The summed E-state index contributed by atoms with van der Waals surface area (Å²) >= 11 is 0. The number of carbonyl (C=O) groups is 1. The molecule has 80 valence electrons. The quantitative estimate of drug-likeness (QED) is 0.602. The minimum Gasteiger partial charge on any atom is -0.469 e. The van der Waals surface area contributed by atoms with E-state index in [9.17, 15) is 4.79 Å². The van der Waals surface area contributed by atoms with Gasteiger partial charge in [-0.15, -0.1) is 0 Å². The third kappa shape index (κ3) is 1.78. The lowest BCUT2D eigenvalue weighted by molar-refractivity contribution is -0.147. The molecule has 4 atom stereocenters. The molecule has 2 fully saturated rings. The van der Waals surface area contributed by atoms with Crippen molar-refractivity contribution in [2.24, 2.45) is 11.8 Å². The molecule has 0 aromatic heterocycles. The topological polar surface area (TPSA) is 35.5 Å². The zero-order valence-electron chi connectivity index (χ0n) is 8.86. The summed E-state index contributed by atoms with van der Waals surface area (Å²) in [5.74, 6) is 0.668. The van der Waals surface area contributed by atoms with Gasteiger partial charge in [0.25, 0.3) is 0 Å². The molecule has 1 unspecified atom stereocenters. The zero-order valence-corrected chi connectivity index (χ0v) is 8.86. The fourth-order valence-electron chi connectivity index (χ4n) is 2.82. The number of rotatable bonds is 1. The molecular weight excluding hydrogens is 180 g/mol. The Kier molecular flexibility index (Phi) is 2.77.